The number of carbonyl (C=O) groups excluding carboxylic acids is 2. The molecule has 0 bridgehead atoms. The highest BCUT2D eigenvalue weighted by Crippen LogP contribution is 2.33. The van der Waals surface area contributed by atoms with Gasteiger partial charge in [-0.1, -0.05) is 18.2 Å². The van der Waals surface area contributed by atoms with Gasteiger partial charge in [0.15, 0.2) is 5.78 Å². The number of fused-ring (bicyclic) bond motifs is 1. The molecule has 1 aliphatic rings. The number of amides is 1. The lowest BCUT2D eigenvalue weighted by Crippen LogP contribution is -2.38. The van der Waals surface area contributed by atoms with E-state index in [0.717, 1.165) is 5.75 Å². The first-order chi connectivity index (χ1) is 11.6. The van der Waals surface area contributed by atoms with Gasteiger partial charge in [0.1, 0.15) is 18.1 Å². The van der Waals surface area contributed by atoms with Gasteiger partial charge in [0.2, 0.25) is 5.91 Å². The summed E-state index contributed by atoms with van der Waals surface area (Å²) in [7, 11) is 0. The molecule has 1 heterocycles. The van der Waals surface area contributed by atoms with E-state index < -0.39 is 0 Å². The Balaban J connectivity index is 1.68. The topological polar surface area (TPSA) is 55.8 Å². The van der Waals surface area contributed by atoms with Gasteiger partial charge in [0.05, 0.1) is 25.3 Å². The highest BCUT2D eigenvalue weighted by atomic mass is 16.5. The van der Waals surface area contributed by atoms with Gasteiger partial charge in [0, 0.05) is 5.56 Å². The number of anilines is 1. The molecule has 0 atom stereocenters. The first-order valence-electron chi connectivity index (χ1n) is 7.91. The van der Waals surface area contributed by atoms with E-state index in [4.69, 9.17) is 9.47 Å². The van der Waals surface area contributed by atoms with E-state index in [1.54, 1.807) is 23.1 Å². The second-order valence-electron chi connectivity index (χ2n) is 5.54. The summed E-state index contributed by atoms with van der Waals surface area (Å²) >= 11 is 0. The molecule has 0 N–H and O–H groups in total. The van der Waals surface area contributed by atoms with E-state index in [0.29, 0.717) is 36.8 Å². The number of Topliss-reactive ketones (excluding diaryl/α,β-unsaturated/α-hetero) is 1. The minimum absolute atomic E-state index is 0.0387. The van der Waals surface area contributed by atoms with Crippen molar-refractivity contribution in [2.45, 2.75) is 13.3 Å². The van der Waals surface area contributed by atoms with Crippen LogP contribution in [0.5, 0.6) is 11.5 Å². The Kier molecular flexibility index (Phi) is 4.79. The Morgan fingerprint density at radius 1 is 1.17 bits per heavy atom. The fourth-order valence-electron chi connectivity index (χ4n) is 2.60. The number of hydrogen-bond acceptors (Lipinski definition) is 4. The van der Waals surface area contributed by atoms with Crippen LogP contribution in [-0.4, -0.2) is 31.4 Å². The smallest absolute Gasteiger partial charge is 0.230 e. The van der Waals surface area contributed by atoms with Crippen molar-refractivity contribution >= 4 is 17.4 Å². The molecule has 2 aromatic carbocycles. The van der Waals surface area contributed by atoms with E-state index in [1.807, 2.05) is 30.3 Å². The van der Waals surface area contributed by atoms with Crippen molar-refractivity contribution in [3.05, 3.63) is 54.1 Å². The maximum absolute atomic E-state index is 12.5. The lowest BCUT2D eigenvalue weighted by molar-refractivity contribution is -0.119. The Labute approximate surface area is 140 Å². The van der Waals surface area contributed by atoms with Crippen LogP contribution in [0.15, 0.2) is 48.5 Å². The largest absolute Gasteiger partial charge is 0.493 e. The Bertz CT molecular complexity index is 742. The van der Waals surface area contributed by atoms with E-state index in [2.05, 4.69) is 0 Å². The third-order valence-corrected chi connectivity index (χ3v) is 3.86. The molecular weight excluding hydrogens is 306 g/mol. The zero-order valence-corrected chi connectivity index (χ0v) is 13.5. The number of ether oxygens (including phenoxy) is 2. The van der Waals surface area contributed by atoms with E-state index >= 15 is 0 Å². The summed E-state index contributed by atoms with van der Waals surface area (Å²) in [5.41, 5.74) is 1.22. The SMILES string of the molecule is CC(=O)c1ccc2c(c1)N(C(=O)CCOc1ccccc1)CCO2. The molecule has 24 heavy (non-hydrogen) atoms. The summed E-state index contributed by atoms with van der Waals surface area (Å²) < 4.78 is 11.2. The van der Waals surface area contributed by atoms with E-state index in [-0.39, 0.29) is 18.1 Å². The zero-order chi connectivity index (χ0) is 16.9. The monoisotopic (exact) mass is 325 g/mol. The number of carbonyl (C=O) groups is 2. The van der Waals surface area contributed by atoms with Crippen LogP contribution in [0.2, 0.25) is 0 Å². The fraction of sp³-hybridized carbons (Fsp3) is 0.263. The van der Waals surface area contributed by atoms with Crippen molar-refractivity contribution < 1.29 is 19.1 Å². The van der Waals surface area contributed by atoms with Crippen LogP contribution in [0.3, 0.4) is 0 Å². The quantitative estimate of drug-likeness (QED) is 0.793. The second kappa shape index (κ2) is 7.17. The standard InChI is InChI=1S/C19H19NO4/c1-14(21)15-7-8-18-17(13-15)20(10-12-24-18)19(22)9-11-23-16-5-3-2-4-6-16/h2-8,13H,9-12H2,1H3. The van der Waals surface area contributed by atoms with Crippen LogP contribution in [-0.2, 0) is 4.79 Å². The molecule has 5 heteroatoms. The van der Waals surface area contributed by atoms with Crippen LogP contribution in [0.1, 0.15) is 23.7 Å². The molecule has 1 aliphatic heterocycles. The first kappa shape index (κ1) is 16.1. The second-order valence-corrected chi connectivity index (χ2v) is 5.54. The van der Waals surface area contributed by atoms with Gasteiger partial charge in [-0.15, -0.1) is 0 Å². The van der Waals surface area contributed by atoms with Crippen molar-refractivity contribution in [2.24, 2.45) is 0 Å². The molecule has 5 nitrogen and oxygen atoms in total. The first-order valence-corrected chi connectivity index (χ1v) is 7.91. The van der Waals surface area contributed by atoms with Crippen LogP contribution in [0.25, 0.3) is 0 Å². The lowest BCUT2D eigenvalue weighted by Gasteiger charge is -2.30. The highest BCUT2D eigenvalue weighted by molar-refractivity contribution is 5.99. The van der Waals surface area contributed by atoms with Gasteiger partial charge in [0.25, 0.3) is 0 Å². The molecule has 0 aromatic heterocycles. The molecular formula is C19H19NO4. The van der Waals surface area contributed by atoms with Gasteiger partial charge in [-0.3, -0.25) is 9.59 Å². The number of ketones is 1. The van der Waals surface area contributed by atoms with Gasteiger partial charge in [-0.25, -0.2) is 0 Å². The number of nitrogens with zero attached hydrogens (tertiary/aromatic N) is 1. The minimum atomic E-state index is -0.0452. The molecule has 0 unspecified atom stereocenters. The molecule has 0 saturated carbocycles. The zero-order valence-electron chi connectivity index (χ0n) is 13.5. The number of benzene rings is 2. The lowest BCUT2D eigenvalue weighted by atomic mass is 10.1. The molecule has 2 aromatic rings. The van der Waals surface area contributed by atoms with E-state index in [1.165, 1.54) is 6.92 Å². The Morgan fingerprint density at radius 2 is 1.96 bits per heavy atom. The highest BCUT2D eigenvalue weighted by Gasteiger charge is 2.24. The van der Waals surface area contributed by atoms with Gasteiger partial charge < -0.3 is 14.4 Å². The normalized spacial score (nSPS) is 13.0. The van der Waals surface area contributed by atoms with Crippen LogP contribution >= 0.6 is 0 Å². The van der Waals surface area contributed by atoms with Crippen LogP contribution in [0, 0.1) is 0 Å². The summed E-state index contributed by atoms with van der Waals surface area (Å²) in [4.78, 5) is 25.8. The molecule has 0 spiro atoms. The summed E-state index contributed by atoms with van der Waals surface area (Å²) in [6.45, 7) is 2.73. The van der Waals surface area contributed by atoms with Crippen LogP contribution in [0.4, 0.5) is 5.69 Å². The molecule has 1 amide bonds. The van der Waals surface area contributed by atoms with Crippen molar-refractivity contribution in [3.63, 3.8) is 0 Å². The van der Waals surface area contributed by atoms with E-state index in [9.17, 15) is 9.59 Å². The molecule has 124 valence electrons. The summed E-state index contributed by atoms with van der Waals surface area (Å²) in [6, 6.07) is 14.6. The average Bonchev–Trinajstić information content (AvgIpc) is 2.61. The minimum Gasteiger partial charge on any atom is -0.493 e. The van der Waals surface area contributed by atoms with Gasteiger partial charge in [-0.2, -0.15) is 0 Å². The maximum atomic E-state index is 12.5. The van der Waals surface area contributed by atoms with Crippen molar-refractivity contribution in [2.75, 3.05) is 24.7 Å². The van der Waals surface area contributed by atoms with Crippen molar-refractivity contribution in [3.8, 4) is 11.5 Å². The summed E-state index contributed by atoms with van der Waals surface area (Å²) in [5.74, 6) is 1.29. The average molecular weight is 325 g/mol. The Morgan fingerprint density at radius 3 is 2.71 bits per heavy atom. The summed E-state index contributed by atoms with van der Waals surface area (Å²) in [6.07, 6.45) is 0.263. The van der Waals surface area contributed by atoms with Crippen molar-refractivity contribution in [1.82, 2.24) is 0 Å². The third kappa shape index (κ3) is 3.56. The molecule has 0 aliphatic carbocycles. The van der Waals surface area contributed by atoms with Crippen molar-refractivity contribution in [1.29, 1.82) is 0 Å². The number of hydrogen-bond donors (Lipinski definition) is 0. The molecule has 0 fully saturated rings. The van der Waals surface area contributed by atoms with Crippen LogP contribution < -0.4 is 14.4 Å². The predicted molar refractivity (Wildman–Crippen MR) is 90.8 cm³/mol. The fourth-order valence-corrected chi connectivity index (χ4v) is 2.60. The predicted octanol–water partition coefficient (Wildman–Crippen LogP) is 3.08. The molecule has 0 radical (unpaired) electrons. The van der Waals surface area contributed by atoms with Gasteiger partial charge >= 0.3 is 0 Å². The number of para-hydroxylation sites is 1. The third-order valence-electron chi connectivity index (χ3n) is 3.86. The molecule has 3 rings (SSSR count). The van der Waals surface area contributed by atoms with Gasteiger partial charge in [-0.05, 0) is 37.3 Å². The number of rotatable bonds is 5. The molecule has 0 saturated heterocycles. The summed E-state index contributed by atoms with van der Waals surface area (Å²) in [5, 5.41) is 0. The Hall–Kier alpha value is -2.82. The maximum Gasteiger partial charge on any atom is 0.230 e.